The third-order valence-corrected chi connectivity index (χ3v) is 4.70. The highest BCUT2D eigenvalue weighted by atomic mass is 19.1. The van der Waals surface area contributed by atoms with Crippen LogP contribution in [0.1, 0.15) is 12.0 Å². The molecule has 6 heteroatoms. The summed E-state index contributed by atoms with van der Waals surface area (Å²) in [6.07, 6.45) is 1.38. The zero-order valence-electron chi connectivity index (χ0n) is 12.3. The molecule has 0 saturated carbocycles. The fourth-order valence-electron chi connectivity index (χ4n) is 3.34. The Bertz CT molecular complexity index is 550. The predicted octanol–water partition coefficient (Wildman–Crippen LogP) is 0.938. The number of hydrogen-bond donors (Lipinski definition) is 2. The molecule has 120 valence electrons. The summed E-state index contributed by atoms with van der Waals surface area (Å²) in [4.78, 5) is 14.3. The summed E-state index contributed by atoms with van der Waals surface area (Å²) in [6, 6.07) is 3.56. The Morgan fingerprint density at radius 2 is 2.00 bits per heavy atom. The molecule has 1 aromatic rings. The van der Waals surface area contributed by atoms with Crippen molar-refractivity contribution in [3.63, 3.8) is 0 Å². The summed E-state index contributed by atoms with van der Waals surface area (Å²) in [6.45, 7) is 2.11. The van der Waals surface area contributed by atoms with E-state index < -0.39 is 17.0 Å². The molecule has 0 aliphatic carbocycles. The number of carbonyl (C=O) groups is 1. The van der Waals surface area contributed by atoms with Crippen molar-refractivity contribution in [2.75, 3.05) is 32.8 Å². The van der Waals surface area contributed by atoms with Gasteiger partial charge < -0.3 is 15.3 Å². The Hall–Kier alpha value is -1.53. The summed E-state index contributed by atoms with van der Waals surface area (Å²) >= 11 is 0. The second-order valence-electron chi connectivity index (χ2n) is 6.43. The van der Waals surface area contributed by atoms with Crippen LogP contribution in [-0.2, 0) is 11.2 Å². The monoisotopic (exact) mass is 310 g/mol. The number of aliphatic hydroxyl groups is 1. The van der Waals surface area contributed by atoms with Crippen molar-refractivity contribution in [1.29, 1.82) is 0 Å². The Morgan fingerprint density at radius 1 is 1.32 bits per heavy atom. The number of nitrogens with zero attached hydrogens (tertiary/aromatic N) is 1. The van der Waals surface area contributed by atoms with E-state index in [1.807, 2.05) is 0 Å². The van der Waals surface area contributed by atoms with Crippen LogP contribution in [0.5, 0.6) is 0 Å². The number of benzene rings is 1. The van der Waals surface area contributed by atoms with Crippen LogP contribution < -0.4 is 5.32 Å². The maximum absolute atomic E-state index is 13.2. The summed E-state index contributed by atoms with van der Waals surface area (Å²) in [7, 11) is 0. The third-order valence-electron chi connectivity index (χ3n) is 4.70. The number of aliphatic hydroxyl groups excluding tert-OH is 1. The lowest BCUT2D eigenvalue weighted by molar-refractivity contribution is -0.147. The van der Waals surface area contributed by atoms with E-state index in [2.05, 4.69) is 5.32 Å². The number of hydrogen-bond acceptors (Lipinski definition) is 3. The molecule has 1 aromatic carbocycles. The van der Waals surface area contributed by atoms with Crippen molar-refractivity contribution in [2.45, 2.75) is 12.8 Å². The number of amides is 1. The number of likely N-dealkylation sites (tertiary alicyclic amines) is 1. The second kappa shape index (κ2) is 5.93. The van der Waals surface area contributed by atoms with E-state index in [-0.39, 0.29) is 18.4 Å². The predicted molar refractivity (Wildman–Crippen MR) is 77.1 cm³/mol. The third kappa shape index (κ3) is 2.85. The summed E-state index contributed by atoms with van der Waals surface area (Å²) < 4.78 is 26.4. The lowest BCUT2D eigenvalue weighted by atomic mass is 9.81. The standard InChI is InChI=1S/C16H20F2N2O2/c17-13-4-12(5-14(18)6-13)3-11-1-2-20(7-11)15(22)16(10-21)8-19-9-16/h4-6,11,19,21H,1-3,7-10H2. The average Bonchev–Trinajstić information content (AvgIpc) is 2.85. The lowest BCUT2D eigenvalue weighted by Gasteiger charge is -2.41. The molecular formula is C16H20F2N2O2. The maximum Gasteiger partial charge on any atom is 0.233 e. The lowest BCUT2D eigenvalue weighted by Crippen LogP contribution is -2.63. The number of nitrogens with one attached hydrogen (secondary N) is 1. The van der Waals surface area contributed by atoms with E-state index in [0.717, 1.165) is 12.5 Å². The molecule has 3 rings (SSSR count). The van der Waals surface area contributed by atoms with Gasteiger partial charge in [-0.15, -0.1) is 0 Å². The van der Waals surface area contributed by atoms with Crippen LogP contribution >= 0.6 is 0 Å². The first-order valence-corrected chi connectivity index (χ1v) is 7.58. The van der Waals surface area contributed by atoms with Gasteiger partial charge in [0, 0.05) is 32.2 Å². The molecule has 0 radical (unpaired) electrons. The van der Waals surface area contributed by atoms with Crippen LogP contribution in [0.3, 0.4) is 0 Å². The molecule has 22 heavy (non-hydrogen) atoms. The Kier molecular flexibility index (Phi) is 4.14. The minimum absolute atomic E-state index is 0.0123. The molecule has 2 aliphatic rings. The van der Waals surface area contributed by atoms with Crippen molar-refractivity contribution in [1.82, 2.24) is 10.2 Å². The molecule has 1 unspecified atom stereocenters. The van der Waals surface area contributed by atoms with Crippen molar-refractivity contribution < 1.29 is 18.7 Å². The number of rotatable bonds is 4. The van der Waals surface area contributed by atoms with Gasteiger partial charge in [0.1, 0.15) is 11.6 Å². The van der Waals surface area contributed by atoms with Gasteiger partial charge in [-0.3, -0.25) is 4.79 Å². The van der Waals surface area contributed by atoms with Gasteiger partial charge in [0.15, 0.2) is 0 Å². The van der Waals surface area contributed by atoms with Gasteiger partial charge in [0.2, 0.25) is 5.91 Å². The summed E-state index contributed by atoms with van der Waals surface area (Å²) in [5.41, 5.74) is -0.0428. The van der Waals surface area contributed by atoms with Gasteiger partial charge >= 0.3 is 0 Å². The highest BCUT2D eigenvalue weighted by molar-refractivity contribution is 5.84. The minimum atomic E-state index is -0.667. The molecule has 0 spiro atoms. The quantitative estimate of drug-likeness (QED) is 0.870. The Morgan fingerprint density at radius 3 is 2.55 bits per heavy atom. The van der Waals surface area contributed by atoms with Gasteiger partial charge in [-0.1, -0.05) is 0 Å². The average molecular weight is 310 g/mol. The van der Waals surface area contributed by atoms with Crippen LogP contribution in [0, 0.1) is 23.0 Å². The first kappa shape index (κ1) is 15.4. The van der Waals surface area contributed by atoms with Gasteiger partial charge in [-0.05, 0) is 36.5 Å². The van der Waals surface area contributed by atoms with E-state index in [1.54, 1.807) is 4.90 Å². The van der Waals surface area contributed by atoms with Crippen LogP contribution in [-0.4, -0.2) is 48.7 Å². The SMILES string of the molecule is O=C(N1CCC(Cc2cc(F)cc(F)c2)C1)C1(CO)CNC1. The van der Waals surface area contributed by atoms with Gasteiger partial charge in [-0.2, -0.15) is 0 Å². The topological polar surface area (TPSA) is 52.6 Å². The highest BCUT2D eigenvalue weighted by Gasteiger charge is 2.47. The van der Waals surface area contributed by atoms with Crippen LogP contribution in [0.4, 0.5) is 8.78 Å². The first-order chi connectivity index (χ1) is 10.5. The Labute approximate surface area is 128 Å². The molecule has 2 N–H and O–H groups in total. The minimum Gasteiger partial charge on any atom is -0.395 e. The van der Waals surface area contributed by atoms with Crippen molar-refractivity contribution in [2.24, 2.45) is 11.3 Å². The van der Waals surface area contributed by atoms with Crippen LogP contribution in [0.25, 0.3) is 0 Å². The molecular weight excluding hydrogens is 290 g/mol. The molecule has 1 amide bonds. The molecule has 2 heterocycles. The van der Waals surface area contributed by atoms with E-state index in [4.69, 9.17) is 0 Å². The normalized spacial score (nSPS) is 23.4. The molecule has 4 nitrogen and oxygen atoms in total. The zero-order chi connectivity index (χ0) is 15.7. The van der Waals surface area contributed by atoms with Crippen molar-refractivity contribution in [3.05, 3.63) is 35.4 Å². The number of halogens is 2. The van der Waals surface area contributed by atoms with Gasteiger partial charge in [0.25, 0.3) is 0 Å². The number of carbonyl (C=O) groups excluding carboxylic acids is 1. The highest BCUT2D eigenvalue weighted by Crippen LogP contribution is 2.29. The van der Waals surface area contributed by atoms with Crippen LogP contribution in [0.2, 0.25) is 0 Å². The van der Waals surface area contributed by atoms with E-state index >= 15 is 0 Å². The molecule has 0 bridgehead atoms. The summed E-state index contributed by atoms with van der Waals surface area (Å²) in [5.74, 6) is -0.947. The smallest absolute Gasteiger partial charge is 0.233 e. The molecule has 2 aliphatic heterocycles. The Balaban J connectivity index is 1.61. The summed E-state index contributed by atoms with van der Waals surface area (Å²) in [5, 5.41) is 12.5. The maximum atomic E-state index is 13.2. The van der Waals surface area contributed by atoms with Crippen molar-refractivity contribution >= 4 is 5.91 Å². The molecule has 2 saturated heterocycles. The first-order valence-electron chi connectivity index (χ1n) is 7.58. The molecule has 2 fully saturated rings. The fourth-order valence-corrected chi connectivity index (χ4v) is 3.34. The van der Waals surface area contributed by atoms with Gasteiger partial charge in [0.05, 0.1) is 12.0 Å². The largest absolute Gasteiger partial charge is 0.395 e. The molecule has 1 atom stereocenters. The van der Waals surface area contributed by atoms with E-state index in [1.165, 1.54) is 12.1 Å². The van der Waals surface area contributed by atoms with E-state index in [9.17, 15) is 18.7 Å². The fraction of sp³-hybridized carbons (Fsp3) is 0.562. The molecule has 0 aromatic heterocycles. The van der Waals surface area contributed by atoms with Crippen LogP contribution in [0.15, 0.2) is 18.2 Å². The zero-order valence-corrected chi connectivity index (χ0v) is 12.3. The van der Waals surface area contributed by atoms with Crippen molar-refractivity contribution in [3.8, 4) is 0 Å². The second-order valence-corrected chi connectivity index (χ2v) is 6.43. The van der Waals surface area contributed by atoms with Gasteiger partial charge in [-0.25, -0.2) is 8.78 Å². The van der Waals surface area contributed by atoms with E-state index in [0.29, 0.717) is 38.2 Å².